The molecule has 0 N–H and O–H groups in total. The Kier molecular flexibility index (Phi) is 4.48. The SMILES string of the molecule is Cc1oc(N=Cc2ccc(-c3cc(Cl)ccc3Cl)o2)c(C#N)c1C. The van der Waals surface area contributed by atoms with E-state index in [0.29, 0.717) is 38.5 Å². The molecule has 0 spiro atoms. The van der Waals surface area contributed by atoms with Gasteiger partial charge in [0, 0.05) is 16.1 Å². The third-order valence-electron chi connectivity index (χ3n) is 3.61. The minimum absolute atomic E-state index is 0.270. The first-order valence-electron chi connectivity index (χ1n) is 7.09. The van der Waals surface area contributed by atoms with Gasteiger partial charge in [0.1, 0.15) is 28.9 Å². The van der Waals surface area contributed by atoms with Crippen molar-refractivity contribution in [1.82, 2.24) is 0 Å². The maximum Gasteiger partial charge on any atom is 0.237 e. The lowest BCUT2D eigenvalue weighted by Gasteiger charge is -2.00. The summed E-state index contributed by atoms with van der Waals surface area (Å²) in [6.07, 6.45) is 1.50. The summed E-state index contributed by atoms with van der Waals surface area (Å²) in [5.74, 6) is 2.03. The summed E-state index contributed by atoms with van der Waals surface area (Å²) in [5, 5.41) is 10.3. The normalized spacial score (nSPS) is 11.1. The van der Waals surface area contributed by atoms with Crippen molar-refractivity contribution in [3.8, 4) is 17.4 Å². The molecule has 120 valence electrons. The summed E-state index contributed by atoms with van der Waals surface area (Å²) in [7, 11) is 0. The predicted molar refractivity (Wildman–Crippen MR) is 94.3 cm³/mol. The van der Waals surface area contributed by atoms with Gasteiger partial charge in [-0.25, -0.2) is 4.99 Å². The van der Waals surface area contributed by atoms with Crippen LogP contribution in [-0.4, -0.2) is 6.21 Å². The molecule has 0 unspecified atom stereocenters. The molecule has 2 aromatic heterocycles. The van der Waals surface area contributed by atoms with E-state index in [0.717, 1.165) is 5.56 Å². The number of rotatable bonds is 3. The Morgan fingerprint density at radius 2 is 1.92 bits per heavy atom. The van der Waals surface area contributed by atoms with E-state index in [9.17, 15) is 5.26 Å². The molecule has 2 heterocycles. The molecular weight excluding hydrogens is 347 g/mol. The number of hydrogen-bond acceptors (Lipinski definition) is 4. The van der Waals surface area contributed by atoms with Crippen molar-refractivity contribution in [3.63, 3.8) is 0 Å². The van der Waals surface area contributed by atoms with Crippen LogP contribution in [0.3, 0.4) is 0 Å². The van der Waals surface area contributed by atoms with Crippen LogP contribution >= 0.6 is 23.2 Å². The average Bonchev–Trinajstić information content (AvgIpc) is 3.13. The molecule has 3 aromatic rings. The standard InChI is InChI=1S/C18H12Cl2N2O2/c1-10-11(2)23-18(15(10)8-21)22-9-13-4-6-17(24-13)14-7-12(19)3-5-16(14)20/h3-7,9H,1-2H3. The second-order valence-corrected chi connectivity index (χ2v) is 6.00. The average molecular weight is 359 g/mol. The lowest BCUT2D eigenvalue weighted by Crippen LogP contribution is -1.78. The lowest BCUT2D eigenvalue weighted by molar-refractivity contribution is 0.540. The number of nitriles is 1. The summed E-state index contributed by atoms with van der Waals surface area (Å²) < 4.78 is 11.2. The summed E-state index contributed by atoms with van der Waals surface area (Å²) >= 11 is 12.2. The number of furan rings is 2. The van der Waals surface area contributed by atoms with Crippen LogP contribution in [0.15, 0.2) is 44.2 Å². The molecule has 0 fully saturated rings. The first-order valence-corrected chi connectivity index (χ1v) is 7.84. The van der Waals surface area contributed by atoms with E-state index in [-0.39, 0.29) is 5.88 Å². The van der Waals surface area contributed by atoms with Crippen LogP contribution in [-0.2, 0) is 0 Å². The highest BCUT2D eigenvalue weighted by Crippen LogP contribution is 2.32. The summed E-state index contributed by atoms with van der Waals surface area (Å²) in [6.45, 7) is 3.61. The highest BCUT2D eigenvalue weighted by molar-refractivity contribution is 6.35. The molecule has 0 saturated carbocycles. The van der Waals surface area contributed by atoms with E-state index in [2.05, 4.69) is 11.1 Å². The van der Waals surface area contributed by atoms with Gasteiger partial charge < -0.3 is 8.83 Å². The Labute approximate surface area is 148 Å². The van der Waals surface area contributed by atoms with Gasteiger partial charge in [0.15, 0.2) is 0 Å². The van der Waals surface area contributed by atoms with Crippen LogP contribution < -0.4 is 0 Å². The third kappa shape index (κ3) is 3.09. The second-order valence-electron chi connectivity index (χ2n) is 5.16. The first-order chi connectivity index (χ1) is 11.5. The molecule has 0 radical (unpaired) electrons. The van der Waals surface area contributed by atoms with Crippen molar-refractivity contribution in [2.45, 2.75) is 13.8 Å². The summed E-state index contributed by atoms with van der Waals surface area (Å²) in [5.41, 5.74) is 1.91. The van der Waals surface area contributed by atoms with Crippen molar-refractivity contribution < 1.29 is 8.83 Å². The molecule has 0 aliphatic heterocycles. The Morgan fingerprint density at radius 3 is 2.67 bits per heavy atom. The van der Waals surface area contributed by atoms with E-state index in [4.69, 9.17) is 32.0 Å². The monoisotopic (exact) mass is 358 g/mol. The van der Waals surface area contributed by atoms with Crippen molar-refractivity contribution in [2.75, 3.05) is 0 Å². The number of aryl methyl sites for hydroxylation is 1. The van der Waals surface area contributed by atoms with Gasteiger partial charge in [-0.1, -0.05) is 23.2 Å². The van der Waals surface area contributed by atoms with E-state index < -0.39 is 0 Å². The minimum atomic E-state index is 0.270. The third-order valence-corrected chi connectivity index (χ3v) is 4.17. The summed E-state index contributed by atoms with van der Waals surface area (Å²) in [6, 6.07) is 10.8. The molecule has 6 heteroatoms. The zero-order valence-corrected chi connectivity index (χ0v) is 14.4. The highest BCUT2D eigenvalue weighted by Gasteiger charge is 2.13. The van der Waals surface area contributed by atoms with Gasteiger partial charge in [0.25, 0.3) is 0 Å². The maximum atomic E-state index is 9.18. The Bertz CT molecular complexity index is 978. The molecule has 0 saturated heterocycles. The topological polar surface area (TPSA) is 62.4 Å². The number of aliphatic imine (C=N–C) groups is 1. The Balaban J connectivity index is 1.91. The number of nitrogens with zero attached hydrogens (tertiary/aromatic N) is 2. The molecule has 24 heavy (non-hydrogen) atoms. The fraction of sp³-hybridized carbons (Fsp3) is 0.111. The van der Waals surface area contributed by atoms with E-state index in [1.807, 2.05) is 6.92 Å². The van der Waals surface area contributed by atoms with Crippen LogP contribution in [0, 0.1) is 25.2 Å². The smallest absolute Gasteiger partial charge is 0.237 e. The van der Waals surface area contributed by atoms with E-state index in [1.165, 1.54) is 6.21 Å². The molecule has 0 amide bonds. The van der Waals surface area contributed by atoms with E-state index in [1.54, 1.807) is 37.3 Å². The fourth-order valence-electron chi connectivity index (χ4n) is 2.21. The van der Waals surface area contributed by atoms with Gasteiger partial charge >= 0.3 is 0 Å². The van der Waals surface area contributed by atoms with Crippen molar-refractivity contribution >= 4 is 35.3 Å². The fourth-order valence-corrected chi connectivity index (χ4v) is 2.59. The Hall–Kier alpha value is -2.48. The molecule has 0 aliphatic carbocycles. The summed E-state index contributed by atoms with van der Waals surface area (Å²) in [4.78, 5) is 4.21. The van der Waals surface area contributed by atoms with Gasteiger partial charge in [0.05, 0.1) is 11.2 Å². The molecular formula is C18H12Cl2N2O2. The predicted octanol–water partition coefficient (Wildman–Crippen LogP) is 6.09. The van der Waals surface area contributed by atoms with E-state index >= 15 is 0 Å². The molecule has 1 aromatic carbocycles. The van der Waals surface area contributed by atoms with Gasteiger partial charge in [-0.2, -0.15) is 5.26 Å². The number of benzene rings is 1. The van der Waals surface area contributed by atoms with Gasteiger partial charge in [0.2, 0.25) is 5.88 Å². The van der Waals surface area contributed by atoms with Crippen LogP contribution in [0.1, 0.15) is 22.6 Å². The lowest BCUT2D eigenvalue weighted by atomic mass is 10.2. The molecule has 0 aliphatic rings. The highest BCUT2D eigenvalue weighted by atomic mass is 35.5. The first kappa shape index (κ1) is 16.4. The van der Waals surface area contributed by atoms with Crippen LogP contribution in [0.25, 0.3) is 11.3 Å². The minimum Gasteiger partial charge on any atom is -0.455 e. The Morgan fingerprint density at radius 1 is 1.12 bits per heavy atom. The maximum absolute atomic E-state index is 9.18. The number of halogens is 2. The molecule has 4 nitrogen and oxygen atoms in total. The van der Waals surface area contributed by atoms with Crippen LogP contribution in [0.2, 0.25) is 10.0 Å². The number of hydrogen-bond donors (Lipinski definition) is 0. The second kappa shape index (κ2) is 6.56. The quantitative estimate of drug-likeness (QED) is 0.532. The zero-order valence-electron chi connectivity index (χ0n) is 12.9. The zero-order chi connectivity index (χ0) is 17.3. The van der Waals surface area contributed by atoms with Crippen molar-refractivity contribution in [1.29, 1.82) is 5.26 Å². The largest absolute Gasteiger partial charge is 0.455 e. The van der Waals surface area contributed by atoms with Crippen molar-refractivity contribution in [3.05, 3.63) is 63.0 Å². The molecule has 0 bridgehead atoms. The van der Waals surface area contributed by atoms with Gasteiger partial charge in [-0.3, -0.25) is 0 Å². The molecule has 3 rings (SSSR count). The molecule has 0 atom stereocenters. The van der Waals surface area contributed by atoms with Crippen LogP contribution in [0.5, 0.6) is 0 Å². The van der Waals surface area contributed by atoms with Gasteiger partial charge in [-0.15, -0.1) is 0 Å². The van der Waals surface area contributed by atoms with Crippen molar-refractivity contribution in [2.24, 2.45) is 4.99 Å². The van der Waals surface area contributed by atoms with Gasteiger partial charge in [-0.05, 0) is 44.2 Å². The van der Waals surface area contributed by atoms with Crippen LogP contribution in [0.4, 0.5) is 5.88 Å².